The first kappa shape index (κ1) is 19.2. The zero-order chi connectivity index (χ0) is 21.0. The summed E-state index contributed by atoms with van der Waals surface area (Å²) < 4.78 is 5.51. The summed E-state index contributed by atoms with van der Waals surface area (Å²) >= 11 is 0. The van der Waals surface area contributed by atoms with Gasteiger partial charge in [-0.15, -0.1) is 0 Å². The van der Waals surface area contributed by atoms with Crippen LogP contribution in [0.15, 0.2) is 64.1 Å². The molecular formula is C17H11N5O7. The molecule has 0 spiro atoms. The Kier molecular flexibility index (Phi) is 5.26. The highest BCUT2D eigenvalue weighted by molar-refractivity contribution is 5.80. The number of hydrogen-bond acceptors (Lipinski definition) is 9. The number of hydrogen-bond donors (Lipinski definition) is 1. The first-order chi connectivity index (χ1) is 13.9. The van der Waals surface area contributed by atoms with Gasteiger partial charge in [0.05, 0.1) is 32.6 Å². The maximum absolute atomic E-state index is 11.1. The van der Waals surface area contributed by atoms with Crippen LogP contribution in [0.3, 0.4) is 0 Å². The molecule has 0 saturated carbocycles. The van der Waals surface area contributed by atoms with E-state index in [1.807, 2.05) is 0 Å². The molecule has 146 valence electrons. The minimum absolute atomic E-state index is 0.0534. The van der Waals surface area contributed by atoms with Crippen molar-refractivity contribution < 1.29 is 19.2 Å². The van der Waals surface area contributed by atoms with Crippen LogP contribution in [0.2, 0.25) is 0 Å². The molecule has 1 aromatic heterocycles. The van der Waals surface area contributed by atoms with Gasteiger partial charge in [-0.05, 0) is 24.3 Å². The van der Waals surface area contributed by atoms with Crippen molar-refractivity contribution in [2.45, 2.75) is 0 Å². The van der Waals surface area contributed by atoms with Crippen molar-refractivity contribution in [1.29, 1.82) is 0 Å². The zero-order valence-corrected chi connectivity index (χ0v) is 14.4. The molecular weight excluding hydrogens is 386 g/mol. The molecule has 0 aliphatic heterocycles. The first-order valence-corrected chi connectivity index (χ1v) is 7.92. The molecule has 12 nitrogen and oxygen atoms in total. The van der Waals surface area contributed by atoms with E-state index in [-0.39, 0.29) is 28.5 Å². The van der Waals surface area contributed by atoms with E-state index in [1.54, 1.807) is 6.07 Å². The van der Waals surface area contributed by atoms with Crippen LogP contribution in [0.25, 0.3) is 11.3 Å². The lowest BCUT2D eigenvalue weighted by molar-refractivity contribution is -0.393. The van der Waals surface area contributed by atoms with Crippen LogP contribution >= 0.6 is 0 Å². The number of non-ortho nitro benzene ring substituents is 1. The fourth-order valence-corrected chi connectivity index (χ4v) is 2.45. The summed E-state index contributed by atoms with van der Waals surface area (Å²) in [5.41, 5.74) is 1.60. The number of nitrogens with one attached hydrogen (secondary N) is 1. The van der Waals surface area contributed by atoms with Crippen molar-refractivity contribution in [1.82, 2.24) is 0 Å². The van der Waals surface area contributed by atoms with Gasteiger partial charge in [-0.1, -0.05) is 12.1 Å². The fraction of sp³-hybridized carbons (Fsp3) is 0. The Morgan fingerprint density at radius 2 is 1.59 bits per heavy atom. The highest BCUT2D eigenvalue weighted by atomic mass is 16.6. The van der Waals surface area contributed by atoms with Gasteiger partial charge in [0, 0.05) is 12.1 Å². The molecule has 0 atom stereocenters. The van der Waals surface area contributed by atoms with Crippen LogP contribution in [-0.4, -0.2) is 21.0 Å². The summed E-state index contributed by atoms with van der Waals surface area (Å²) in [6.45, 7) is 0. The SMILES string of the molecule is O=[N+]([O-])c1ccc(N/N=C/c2ccc(-c3ccccc3[N+](=O)[O-])o2)c([N+](=O)[O-])c1. The second-order valence-electron chi connectivity index (χ2n) is 5.56. The summed E-state index contributed by atoms with van der Waals surface area (Å²) in [6.07, 6.45) is 1.21. The van der Waals surface area contributed by atoms with E-state index in [4.69, 9.17) is 4.42 Å². The van der Waals surface area contributed by atoms with Gasteiger partial charge in [-0.3, -0.25) is 35.8 Å². The van der Waals surface area contributed by atoms with Crippen LogP contribution in [0.4, 0.5) is 22.7 Å². The van der Waals surface area contributed by atoms with Gasteiger partial charge in [0.1, 0.15) is 17.2 Å². The van der Waals surface area contributed by atoms with E-state index in [9.17, 15) is 30.3 Å². The lowest BCUT2D eigenvalue weighted by atomic mass is 10.1. The van der Waals surface area contributed by atoms with E-state index in [1.165, 1.54) is 36.5 Å². The van der Waals surface area contributed by atoms with Gasteiger partial charge in [0.2, 0.25) is 0 Å². The van der Waals surface area contributed by atoms with Crippen molar-refractivity contribution >= 4 is 29.0 Å². The predicted octanol–water partition coefficient (Wildman–Crippen LogP) is 4.12. The Labute approximate surface area is 161 Å². The third-order valence-electron chi connectivity index (χ3n) is 3.76. The Morgan fingerprint density at radius 1 is 0.862 bits per heavy atom. The molecule has 0 radical (unpaired) electrons. The molecule has 1 heterocycles. The number of nitro benzene ring substituents is 3. The molecule has 0 unspecified atom stereocenters. The topological polar surface area (TPSA) is 167 Å². The number of anilines is 1. The third kappa shape index (κ3) is 4.21. The first-order valence-electron chi connectivity index (χ1n) is 7.92. The maximum atomic E-state index is 11.1. The number of nitrogens with zero attached hydrogens (tertiary/aromatic N) is 4. The summed E-state index contributed by atoms with van der Waals surface area (Å²) in [5, 5.41) is 36.8. The smallest absolute Gasteiger partial charge is 0.301 e. The Balaban J connectivity index is 1.80. The van der Waals surface area contributed by atoms with Gasteiger partial charge < -0.3 is 4.42 Å². The summed E-state index contributed by atoms with van der Waals surface area (Å²) in [7, 11) is 0. The molecule has 0 fully saturated rings. The molecule has 29 heavy (non-hydrogen) atoms. The van der Waals surface area contributed by atoms with Crippen LogP contribution < -0.4 is 5.43 Å². The standard InChI is InChI=1S/C17H11N5O7/c23-20(24)11-5-7-14(16(9-11)22(27)28)19-18-10-12-6-8-17(29-12)13-3-1-2-4-15(13)21(25)26/h1-10,19H/b18-10+. The molecule has 3 aromatic rings. The molecule has 0 aliphatic carbocycles. The fourth-order valence-electron chi connectivity index (χ4n) is 2.45. The number of hydrazone groups is 1. The van der Waals surface area contributed by atoms with Gasteiger partial charge >= 0.3 is 5.69 Å². The lowest BCUT2D eigenvalue weighted by Crippen LogP contribution is -1.98. The zero-order valence-electron chi connectivity index (χ0n) is 14.4. The number of benzene rings is 2. The van der Waals surface area contributed by atoms with E-state index in [0.717, 1.165) is 18.2 Å². The van der Waals surface area contributed by atoms with Crippen LogP contribution in [0, 0.1) is 30.3 Å². The molecule has 0 saturated heterocycles. The summed E-state index contributed by atoms with van der Waals surface area (Å²) in [5.74, 6) is 0.482. The predicted molar refractivity (Wildman–Crippen MR) is 102 cm³/mol. The van der Waals surface area contributed by atoms with E-state index in [0.29, 0.717) is 0 Å². The highest BCUT2D eigenvalue weighted by Gasteiger charge is 2.19. The quantitative estimate of drug-likeness (QED) is 0.353. The highest BCUT2D eigenvalue weighted by Crippen LogP contribution is 2.31. The lowest BCUT2D eigenvalue weighted by Gasteiger charge is -2.01. The van der Waals surface area contributed by atoms with E-state index < -0.39 is 26.1 Å². The van der Waals surface area contributed by atoms with Crippen LogP contribution in [0.5, 0.6) is 0 Å². The molecule has 0 bridgehead atoms. The second-order valence-corrected chi connectivity index (χ2v) is 5.56. The number of furan rings is 1. The molecule has 0 aliphatic rings. The van der Waals surface area contributed by atoms with Gasteiger partial charge in [-0.2, -0.15) is 5.10 Å². The van der Waals surface area contributed by atoms with Crippen molar-refractivity contribution in [3.8, 4) is 11.3 Å². The average molecular weight is 397 g/mol. The monoisotopic (exact) mass is 397 g/mol. The van der Waals surface area contributed by atoms with Crippen molar-refractivity contribution in [3.05, 3.63) is 90.7 Å². The number of nitro groups is 3. The van der Waals surface area contributed by atoms with Crippen molar-refractivity contribution in [2.75, 3.05) is 5.43 Å². The Morgan fingerprint density at radius 3 is 2.28 bits per heavy atom. The van der Waals surface area contributed by atoms with Crippen LogP contribution in [0.1, 0.15) is 5.76 Å². The van der Waals surface area contributed by atoms with Crippen LogP contribution in [-0.2, 0) is 0 Å². The second kappa shape index (κ2) is 7.96. The molecule has 2 aromatic carbocycles. The van der Waals surface area contributed by atoms with Gasteiger partial charge in [0.15, 0.2) is 0 Å². The third-order valence-corrected chi connectivity index (χ3v) is 3.76. The van der Waals surface area contributed by atoms with Gasteiger partial charge in [0.25, 0.3) is 11.4 Å². The van der Waals surface area contributed by atoms with Crippen molar-refractivity contribution in [2.24, 2.45) is 5.10 Å². The normalized spacial score (nSPS) is 10.8. The Bertz CT molecular complexity index is 1140. The molecule has 3 rings (SSSR count). The van der Waals surface area contributed by atoms with E-state index >= 15 is 0 Å². The maximum Gasteiger partial charge on any atom is 0.301 e. The minimum Gasteiger partial charge on any atom is -0.455 e. The number of rotatable bonds is 7. The average Bonchev–Trinajstić information content (AvgIpc) is 3.16. The number of para-hydroxylation sites is 1. The van der Waals surface area contributed by atoms with Crippen molar-refractivity contribution in [3.63, 3.8) is 0 Å². The summed E-state index contributed by atoms with van der Waals surface area (Å²) in [6, 6.07) is 12.2. The molecule has 0 amide bonds. The van der Waals surface area contributed by atoms with E-state index in [2.05, 4.69) is 10.5 Å². The summed E-state index contributed by atoms with van der Waals surface area (Å²) in [4.78, 5) is 30.9. The largest absolute Gasteiger partial charge is 0.455 e. The van der Waals surface area contributed by atoms with Gasteiger partial charge in [-0.25, -0.2) is 0 Å². The Hall–Kier alpha value is -4.61. The molecule has 12 heteroatoms. The molecule has 1 N–H and O–H groups in total. The minimum atomic E-state index is -0.773.